The van der Waals surface area contributed by atoms with E-state index in [1.54, 1.807) is 0 Å². The van der Waals surface area contributed by atoms with Gasteiger partial charge in [0.15, 0.2) is 0 Å². The van der Waals surface area contributed by atoms with Crippen LogP contribution in [0.15, 0.2) is 10.6 Å². The van der Waals surface area contributed by atoms with Crippen LogP contribution in [-0.4, -0.2) is 28.1 Å². The molecular weight excluding hydrogens is 352 g/mol. The number of pyridine rings is 1. The number of amides is 1. The summed E-state index contributed by atoms with van der Waals surface area (Å²) in [5.74, 6) is 0.529. The minimum atomic E-state index is -0.276. The summed E-state index contributed by atoms with van der Waals surface area (Å²) in [6.07, 6.45) is 6.36. The van der Waals surface area contributed by atoms with Crippen LogP contribution >= 0.6 is 12.4 Å². The van der Waals surface area contributed by atoms with E-state index in [0.717, 1.165) is 55.3 Å². The molecule has 2 aromatic rings. The van der Waals surface area contributed by atoms with Crippen molar-refractivity contribution in [2.75, 3.05) is 6.54 Å². The van der Waals surface area contributed by atoms with Crippen molar-refractivity contribution in [3.8, 4) is 0 Å². The predicted molar refractivity (Wildman–Crippen MR) is 103 cm³/mol. The van der Waals surface area contributed by atoms with E-state index in [2.05, 4.69) is 15.5 Å². The van der Waals surface area contributed by atoms with Gasteiger partial charge in [0, 0.05) is 18.2 Å². The van der Waals surface area contributed by atoms with E-state index in [9.17, 15) is 4.79 Å². The first-order valence-corrected chi connectivity index (χ1v) is 9.36. The highest BCUT2D eigenvalue weighted by Crippen LogP contribution is 2.41. The van der Waals surface area contributed by atoms with Gasteiger partial charge in [-0.25, -0.2) is 4.98 Å². The Labute approximate surface area is 159 Å². The Morgan fingerprint density at radius 1 is 1.38 bits per heavy atom. The molecule has 2 aliphatic rings. The third kappa shape index (κ3) is 3.32. The van der Waals surface area contributed by atoms with Crippen molar-refractivity contribution in [3.05, 3.63) is 23.0 Å². The number of carbonyl (C=O) groups excluding carboxylic acids is 1. The predicted octanol–water partition coefficient (Wildman–Crippen LogP) is 3.65. The Hall–Kier alpha value is -1.66. The van der Waals surface area contributed by atoms with Crippen LogP contribution in [-0.2, 0) is 0 Å². The summed E-state index contributed by atoms with van der Waals surface area (Å²) in [6, 6.07) is 1.94. The summed E-state index contributed by atoms with van der Waals surface area (Å²) in [5, 5.41) is 8.17. The second kappa shape index (κ2) is 7.16. The van der Waals surface area contributed by atoms with Gasteiger partial charge in [0.25, 0.3) is 11.6 Å². The van der Waals surface area contributed by atoms with E-state index in [-0.39, 0.29) is 29.8 Å². The quantitative estimate of drug-likeness (QED) is 0.828. The molecule has 0 bridgehead atoms. The average Bonchev–Trinajstić information content (AvgIpc) is 3.19. The minimum absolute atomic E-state index is 0. The number of halogens is 1. The molecule has 142 valence electrons. The Kier molecular flexibility index (Phi) is 5.26. The number of carbonyl (C=O) groups is 1. The molecule has 0 unspecified atom stereocenters. The molecule has 3 N–H and O–H groups in total. The molecule has 0 aliphatic heterocycles. The zero-order valence-electron chi connectivity index (χ0n) is 15.4. The maximum atomic E-state index is 13.2. The van der Waals surface area contributed by atoms with Crippen molar-refractivity contribution in [2.45, 2.75) is 69.7 Å². The molecule has 2 aromatic heterocycles. The zero-order chi connectivity index (χ0) is 17.6. The van der Waals surface area contributed by atoms with Crippen LogP contribution in [0.3, 0.4) is 0 Å². The molecule has 2 saturated carbocycles. The van der Waals surface area contributed by atoms with Crippen LogP contribution in [0.4, 0.5) is 0 Å². The highest BCUT2D eigenvalue weighted by molar-refractivity contribution is 6.06. The fourth-order valence-corrected chi connectivity index (χ4v) is 3.89. The number of nitrogens with one attached hydrogen (secondary N) is 1. The molecule has 7 heteroatoms. The number of nitrogens with two attached hydrogens (primary N) is 1. The molecule has 2 aliphatic carbocycles. The molecule has 6 nitrogen and oxygen atoms in total. The molecule has 26 heavy (non-hydrogen) atoms. The summed E-state index contributed by atoms with van der Waals surface area (Å²) in [5.41, 5.74) is 8.57. The van der Waals surface area contributed by atoms with Gasteiger partial charge in [-0.3, -0.25) is 4.79 Å². The van der Waals surface area contributed by atoms with Crippen LogP contribution in [0, 0.1) is 0 Å². The lowest BCUT2D eigenvalue weighted by molar-refractivity contribution is 0.0904. The zero-order valence-corrected chi connectivity index (χ0v) is 16.2. The minimum Gasteiger partial charge on any atom is -0.345 e. The van der Waals surface area contributed by atoms with Crippen molar-refractivity contribution in [1.82, 2.24) is 15.5 Å². The van der Waals surface area contributed by atoms with Crippen molar-refractivity contribution in [2.24, 2.45) is 5.73 Å². The Balaban J connectivity index is 0.00000196. The van der Waals surface area contributed by atoms with E-state index in [0.29, 0.717) is 23.7 Å². The van der Waals surface area contributed by atoms with Crippen LogP contribution in [0.25, 0.3) is 11.1 Å². The van der Waals surface area contributed by atoms with Gasteiger partial charge in [-0.15, -0.1) is 12.4 Å². The second-order valence-corrected chi connectivity index (χ2v) is 7.92. The van der Waals surface area contributed by atoms with Crippen molar-refractivity contribution >= 4 is 29.4 Å². The summed E-state index contributed by atoms with van der Waals surface area (Å²) in [6.45, 7) is 4.57. The van der Waals surface area contributed by atoms with Gasteiger partial charge in [0.05, 0.1) is 22.2 Å². The molecule has 0 aromatic carbocycles. The fraction of sp³-hybridized carbons (Fsp3) is 0.632. The molecule has 0 atom stereocenters. The van der Waals surface area contributed by atoms with Gasteiger partial charge in [0.2, 0.25) is 0 Å². The summed E-state index contributed by atoms with van der Waals surface area (Å²) in [4.78, 5) is 17.8. The fourth-order valence-electron chi connectivity index (χ4n) is 3.89. The lowest BCUT2D eigenvalue weighted by atomic mass is 9.96. The highest BCUT2D eigenvalue weighted by atomic mass is 35.5. The largest absolute Gasteiger partial charge is 0.345 e. The summed E-state index contributed by atoms with van der Waals surface area (Å²) < 4.78 is 5.48. The number of hydrogen-bond donors (Lipinski definition) is 2. The van der Waals surface area contributed by atoms with Gasteiger partial charge in [-0.2, -0.15) is 0 Å². The number of fused-ring (bicyclic) bond motifs is 1. The van der Waals surface area contributed by atoms with Crippen molar-refractivity contribution in [3.63, 3.8) is 0 Å². The van der Waals surface area contributed by atoms with E-state index >= 15 is 0 Å². The Morgan fingerprint density at radius 2 is 2.08 bits per heavy atom. The molecule has 0 spiro atoms. The topological polar surface area (TPSA) is 94.0 Å². The molecular formula is C19H27ClN4O2. The van der Waals surface area contributed by atoms with Gasteiger partial charge in [-0.05, 0) is 37.7 Å². The first kappa shape index (κ1) is 19.1. The van der Waals surface area contributed by atoms with Gasteiger partial charge in [0.1, 0.15) is 0 Å². The van der Waals surface area contributed by atoms with E-state index < -0.39 is 0 Å². The Morgan fingerprint density at radius 3 is 2.65 bits per heavy atom. The van der Waals surface area contributed by atoms with Crippen molar-refractivity contribution in [1.29, 1.82) is 0 Å². The smallest absolute Gasteiger partial charge is 0.259 e. The highest BCUT2D eigenvalue weighted by Gasteiger charge is 2.36. The van der Waals surface area contributed by atoms with Gasteiger partial charge in [-0.1, -0.05) is 31.8 Å². The molecule has 0 radical (unpaired) electrons. The summed E-state index contributed by atoms with van der Waals surface area (Å²) in [7, 11) is 0. The normalized spacial score (nSPS) is 18.9. The SMILES string of the molecule is CC(C)c1noc2nc(C3CC3)cc(C(=O)NC3(CN)CCCC3)c12.Cl. The van der Waals surface area contributed by atoms with E-state index in [1.807, 2.05) is 19.9 Å². The molecule has 4 rings (SSSR count). The van der Waals surface area contributed by atoms with Gasteiger partial charge < -0.3 is 15.6 Å². The number of hydrogen-bond acceptors (Lipinski definition) is 5. The van der Waals surface area contributed by atoms with Crippen molar-refractivity contribution < 1.29 is 9.32 Å². The molecule has 0 saturated heterocycles. The number of nitrogens with zero attached hydrogens (tertiary/aromatic N) is 2. The number of aromatic nitrogens is 2. The third-order valence-electron chi connectivity index (χ3n) is 5.61. The first-order chi connectivity index (χ1) is 12.0. The maximum Gasteiger partial charge on any atom is 0.259 e. The molecule has 2 heterocycles. The monoisotopic (exact) mass is 378 g/mol. The lowest BCUT2D eigenvalue weighted by Gasteiger charge is -2.29. The molecule has 1 amide bonds. The third-order valence-corrected chi connectivity index (χ3v) is 5.61. The first-order valence-electron chi connectivity index (χ1n) is 9.36. The average molecular weight is 379 g/mol. The maximum absolute atomic E-state index is 13.2. The van der Waals surface area contributed by atoms with Crippen LogP contribution in [0.5, 0.6) is 0 Å². The summed E-state index contributed by atoms with van der Waals surface area (Å²) >= 11 is 0. The standard InChI is InChI=1S/C19H26N4O2.ClH/c1-11(2)16-15-13(17(24)22-19(10-20)7-3-4-8-19)9-14(12-5-6-12)21-18(15)25-23-16;/h9,11-12H,3-8,10,20H2,1-2H3,(H,22,24);1H. The number of rotatable bonds is 5. The molecule has 2 fully saturated rings. The Bertz CT molecular complexity index is 807. The van der Waals surface area contributed by atoms with Crippen LogP contribution < -0.4 is 11.1 Å². The second-order valence-electron chi connectivity index (χ2n) is 7.92. The van der Waals surface area contributed by atoms with E-state index in [4.69, 9.17) is 10.3 Å². The lowest BCUT2D eigenvalue weighted by Crippen LogP contribution is -2.51. The van der Waals surface area contributed by atoms with Crippen LogP contribution in [0.1, 0.15) is 86.0 Å². The van der Waals surface area contributed by atoms with Crippen LogP contribution in [0.2, 0.25) is 0 Å². The van der Waals surface area contributed by atoms with E-state index in [1.165, 1.54) is 0 Å². The van der Waals surface area contributed by atoms with Gasteiger partial charge >= 0.3 is 0 Å².